The molecule has 1 aliphatic heterocycles. The number of imide groups is 1. The number of hydrogen-bond acceptors (Lipinski definition) is 5. The largest absolute Gasteiger partial charge is 0.511 e. The predicted octanol–water partition coefficient (Wildman–Crippen LogP) is 1.51. The van der Waals surface area contributed by atoms with Crippen LogP contribution in [0.3, 0.4) is 0 Å². The number of ketones is 1. The number of aliphatic hydroxyl groups excluding tert-OH is 1. The molecule has 21 heavy (non-hydrogen) atoms. The number of nitrogens with one attached hydrogen (secondary N) is 2. The lowest BCUT2D eigenvalue weighted by atomic mass is 9.77. The van der Waals surface area contributed by atoms with E-state index in [1.165, 1.54) is 0 Å². The van der Waals surface area contributed by atoms with Gasteiger partial charge in [-0.3, -0.25) is 19.7 Å². The molecule has 6 heteroatoms. The van der Waals surface area contributed by atoms with E-state index in [9.17, 15) is 19.5 Å². The molecule has 0 aromatic carbocycles. The van der Waals surface area contributed by atoms with E-state index >= 15 is 0 Å². The van der Waals surface area contributed by atoms with E-state index in [0.717, 1.165) is 0 Å². The SMILES string of the molecule is C[C@@H]1C[C@@H](C)C(O)=C(C(=O)CC2CC(=O)NC(=O)C2)C1=N. The average molecular weight is 292 g/mol. The van der Waals surface area contributed by atoms with Crippen LogP contribution in [0.15, 0.2) is 11.3 Å². The first-order valence-electron chi connectivity index (χ1n) is 7.17. The van der Waals surface area contributed by atoms with Crippen LogP contribution >= 0.6 is 0 Å². The van der Waals surface area contributed by atoms with Gasteiger partial charge in [0.1, 0.15) is 5.76 Å². The molecule has 2 rings (SSSR count). The van der Waals surface area contributed by atoms with E-state index in [2.05, 4.69) is 5.32 Å². The van der Waals surface area contributed by atoms with Crippen molar-refractivity contribution in [2.24, 2.45) is 17.8 Å². The van der Waals surface area contributed by atoms with Crippen molar-refractivity contribution >= 4 is 23.3 Å². The second-order valence-corrected chi connectivity index (χ2v) is 6.08. The summed E-state index contributed by atoms with van der Waals surface area (Å²) in [5.74, 6) is -1.70. The molecule has 0 unspecified atom stereocenters. The van der Waals surface area contributed by atoms with Gasteiger partial charge in [-0.15, -0.1) is 0 Å². The quantitative estimate of drug-likeness (QED) is 0.685. The second kappa shape index (κ2) is 5.79. The summed E-state index contributed by atoms with van der Waals surface area (Å²) >= 11 is 0. The molecule has 0 aromatic rings. The summed E-state index contributed by atoms with van der Waals surface area (Å²) in [5.41, 5.74) is 0.238. The Morgan fingerprint density at radius 1 is 1.24 bits per heavy atom. The number of Topliss-reactive ketones (excluding diaryl/α,β-unsaturated/α-hetero) is 1. The van der Waals surface area contributed by atoms with Crippen molar-refractivity contribution in [2.75, 3.05) is 0 Å². The Bertz CT molecular complexity index is 534. The maximum atomic E-state index is 12.4. The minimum absolute atomic E-state index is 0.0143. The molecule has 0 radical (unpaired) electrons. The number of rotatable bonds is 3. The Morgan fingerprint density at radius 2 is 1.81 bits per heavy atom. The highest BCUT2D eigenvalue weighted by molar-refractivity contribution is 6.22. The molecule has 3 N–H and O–H groups in total. The van der Waals surface area contributed by atoms with Crippen LogP contribution in [0.25, 0.3) is 0 Å². The lowest BCUT2D eigenvalue weighted by Gasteiger charge is -2.28. The van der Waals surface area contributed by atoms with Crippen molar-refractivity contribution in [1.29, 1.82) is 5.41 Å². The second-order valence-electron chi connectivity index (χ2n) is 6.08. The highest BCUT2D eigenvalue weighted by Gasteiger charge is 2.34. The van der Waals surface area contributed by atoms with E-state index in [0.29, 0.717) is 6.42 Å². The summed E-state index contributed by atoms with van der Waals surface area (Å²) < 4.78 is 0. The number of hydrogen-bond donors (Lipinski definition) is 3. The zero-order valence-electron chi connectivity index (χ0n) is 12.2. The van der Waals surface area contributed by atoms with Gasteiger partial charge in [0.05, 0.1) is 5.57 Å². The van der Waals surface area contributed by atoms with Gasteiger partial charge in [-0.25, -0.2) is 0 Å². The summed E-state index contributed by atoms with van der Waals surface area (Å²) in [4.78, 5) is 35.0. The van der Waals surface area contributed by atoms with Crippen LogP contribution < -0.4 is 5.32 Å². The highest BCUT2D eigenvalue weighted by Crippen LogP contribution is 2.32. The molecule has 1 fully saturated rings. The number of carbonyl (C=O) groups excluding carboxylic acids is 3. The number of allylic oxidation sites excluding steroid dienone is 2. The van der Waals surface area contributed by atoms with Gasteiger partial charge < -0.3 is 10.5 Å². The average Bonchev–Trinajstić information content (AvgIpc) is 2.35. The number of piperidine rings is 1. The minimum atomic E-state index is -0.372. The first-order chi connectivity index (χ1) is 9.79. The highest BCUT2D eigenvalue weighted by atomic mass is 16.3. The van der Waals surface area contributed by atoms with Gasteiger partial charge in [0, 0.05) is 30.9 Å². The van der Waals surface area contributed by atoms with E-state index in [1.807, 2.05) is 13.8 Å². The van der Waals surface area contributed by atoms with Crippen molar-refractivity contribution in [3.05, 3.63) is 11.3 Å². The summed E-state index contributed by atoms with van der Waals surface area (Å²) in [5, 5.41) is 20.3. The lowest BCUT2D eigenvalue weighted by molar-refractivity contribution is -0.135. The van der Waals surface area contributed by atoms with Gasteiger partial charge in [-0.2, -0.15) is 0 Å². The third-order valence-corrected chi connectivity index (χ3v) is 4.17. The molecule has 2 atom stereocenters. The maximum absolute atomic E-state index is 12.4. The van der Waals surface area contributed by atoms with E-state index in [1.54, 1.807) is 0 Å². The third kappa shape index (κ3) is 3.20. The Balaban J connectivity index is 2.15. The minimum Gasteiger partial charge on any atom is -0.511 e. The zero-order chi connectivity index (χ0) is 15.7. The summed E-state index contributed by atoms with van der Waals surface area (Å²) in [6, 6.07) is 0. The molecule has 1 aliphatic carbocycles. The number of aliphatic hydroxyl groups is 1. The van der Waals surface area contributed by atoms with Crippen LogP contribution in [0.2, 0.25) is 0 Å². The standard InChI is InChI=1S/C15H20N2O4/c1-7-3-8(2)15(21)13(14(7)16)10(18)4-9-5-11(19)17-12(20)6-9/h7-9,16,21H,3-6H2,1-2H3,(H,17,19,20)/t7-,8-/m1/s1. The Labute approximate surface area is 123 Å². The Morgan fingerprint density at radius 3 is 2.38 bits per heavy atom. The van der Waals surface area contributed by atoms with Crippen molar-refractivity contribution in [3.8, 4) is 0 Å². The summed E-state index contributed by atoms with van der Waals surface area (Å²) in [7, 11) is 0. The lowest BCUT2D eigenvalue weighted by Crippen LogP contribution is -2.39. The van der Waals surface area contributed by atoms with Gasteiger partial charge in [-0.1, -0.05) is 13.8 Å². The van der Waals surface area contributed by atoms with Gasteiger partial charge >= 0.3 is 0 Å². The van der Waals surface area contributed by atoms with Crippen LogP contribution in [0.5, 0.6) is 0 Å². The van der Waals surface area contributed by atoms with E-state index in [-0.39, 0.29) is 71.7 Å². The summed E-state index contributed by atoms with van der Waals surface area (Å²) in [6.45, 7) is 3.68. The molecule has 2 aliphatic rings. The van der Waals surface area contributed by atoms with Crippen molar-refractivity contribution in [3.63, 3.8) is 0 Å². The molecule has 0 bridgehead atoms. The topological polar surface area (TPSA) is 107 Å². The van der Waals surface area contributed by atoms with Gasteiger partial charge in [-0.05, 0) is 18.3 Å². The smallest absolute Gasteiger partial charge is 0.226 e. The van der Waals surface area contributed by atoms with Crippen LogP contribution in [-0.4, -0.2) is 28.4 Å². The van der Waals surface area contributed by atoms with Crippen LogP contribution in [0.4, 0.5) is 0 Å². The number of carbonyl (C=O) groups is 3. The van der Waals surface area contributed by atoms with Crippen molar-refractivity contribution < 1.29 is 19.5 Å². The Kier molecular flexibility index (Phi) is 4.25. The predicted molar refractivity (Wildman–Crippen MR) is 75.8 cm³/mol. The zero-order valence-corrected chi connectivity index (χ0v) is 12.2. The van der Waals surface area contributed by atoms with Crippen LogP contribution in [0.1, 0.15) is 39.5 Å². The van der Waals surface area contributed by atoms with E-state index < -0.39 is 0 Å². The van der Waals surface area contributed by atoms with Crippen LogP contribution in [-0.2, 0) is 14.4 Å². The molecule has 0 aromatic heterocycles. The molecule has 0 spiro atoms. The molecule has 1 saturated heterocycles. The monoisotopic (exact) mass is 292 g/mol. The first kappa shape index (κ1) is 15.4. The first-order valence-corrected chi connectivity index (χ1v) is 7.17. The molecule has 0 saturated carbocycles. The molecule has 6 nitrogen and oxygen atoms in total. The van der Waals surface area contributed by atoms with Gasteiger partial charge in [0.15, 0.2) is 5.78 Å². The normalized spacial score (nSPS) is 27.8. The van der Waals surface area contributed by atoms with Crippen LogP contribution in [0, 0.1) is 23.2 Å². The summed E-state index contributed by atoms with van der Waals surface area (Å²) in [6.07, 6.45) is 0.917. The fourth-order valence-electron chi connectivity index (χ4n) is 3.05. The molecule has 2 amide bonds. The molecule has 114 valence electrons. The van der Waals surface area contributed by atoms with Crippen molar-refractivity contribution in [1.82, 2.24) is 5.32 Å². The molecular formula is C15H20N2O4. The maximum Gasteiger partial charge on any atom is 0.226 e. The van der Waals surface area contributed by atoms with E-state index in [4.69, 9.17) is 5.41 Å². The van der Waals surface area contributed by atoms with Gasteiger partial charge in [0.25, 0.3) is 0 Å². The third-order valence-electron chi connectivity index (χ3n) is 4.17. The van der Waals surface area contributed by atoms with Gasteiger partial charge in [0.2, 0.25) is 11.8 Å². The Hall–Kier alpha value is -1.98. The fraction of sp³-hybridized carbons (Fsp3) is 0.600. The molecular weight excluding hydrogens is 272 g/mol. The van der Waals surface area contributed by atoms with Crippen molar-refractivity contribution in [2.45, 2.75) is 39.5 Å². The molecule has 1 heterocycles. The fourth-order valence-corrected chi connectivity index (χ4v) is 3.05. The number of amides is 2.